The third-order valence-electron chi connectivity index (χ3n) is 4.94. The van der Waals surface area contributed by atoms with Gasteiger partial charge in [0, 0.05) is 33.7 Å². The summed E-state index contributed by atoms with van der Waals surface area (Å²) in [5.74, 6) is 0.719. The van der Waals surface area contributed by atoms with E-state index in [4.69, 9.17) is 0 Å². The van der Waals surface area contributed by atoms with E-state index in [9.17, 15) is 4.79 Å². The normalized spacial score (nSPS) is 17.8. The fraction of sp³-hybridized carbons (Fsp3) is 0.571. The third-order valence-corrected chi connectivity index (χ3v) is 4.94. The van der Waals surface area contributed by atoms with E-state index in [1.807, 2.05) is 26.8 Å². The van der Waals surface area contributed by atoms with Crippen molar-refractivity contribution in [1.82, 2.24) is 10.3 Å². The number of rotatable bonds is 4. The Kier molecular flexibility index (Phi) is 4.92. The maximum atomic E-state index is 12.3. The van der Waals surface area contributed by atoms with E-state index in [0.29, 0.717) is 12.0 Å². The van der Waals surface area contributed by atoms with Gasteiger partial charge >= 0.3 is 0 Å². The molecule has 3 rings (SSSR count). The second kappa shape index (κ2) is 6.83. The van der Waals surface area contributed by atoms with Crippen LogP contribution >= 0.6 is 0 Å². The van der Waals surface area contributed by atoms with Crippen LogP contribution in [0.1, 0.15) is 52.3 Å². The molecule has 25 heavy (non-hydrogen) atoms. The maximum absolute atomic E-state index is 12.3. The Labute approximate surface area is 150 Å². The van der Waals surface area contributed by atoms with Crippen LogP contribution < -0.4 is 10.6 Å². The van der Waals surface area contributed by atoms with Crippen molar-refractivity contribution in [1.29, 1.82) is 0 Å². The monoisotopic (exact) mass is 341 g/mol. The van der Waals surface area contributed by atoms with Gasteiger partial charge in [-0.3, -0.25) is 4.79 Å². The SMILES string of the molecule is CC(C)CNC1CCc2[nH]c3ccc(NC(=O)C(C)(C)C)cc3c2C1. The molecule has 1 aromatic carbocycles. The lowest BCUT2D eigenvalue weighted by molar-refractivity contribution is -0.123. The summed E-state index contributed by atoms with van der Waals surface area (Å²) in [6.07, 6.45) is 3.32. The van der Waals surface area contributed by atoms with Crippen molar-refractivity contribution in [3.63, 3.8) is 0 Å². The van der Waals surface area contributed by atoms with Crippen molar-refractivity contribution < 1.29 is 4.79 Å². The fourth-order valence-electron chi connectivity index (χ4n) is 3.39. The Hall–Kier alpha value is -1.81. The van der Waals surface area contributed by atoms with Gasteiger partial charge in [-0.05, 0) is 55.5 Å². The Morgan fingerprint density at radius 1 is 1.32 bits per heavy atom. The van der Waals surface area contributed by atoms with Gasteiger partial charge in [-0.25, -0.2) is 0 Å². The van der Waals surface area contributed by atoms with Crippen LogP contribution in [0.25, 0.3) is 10.9 Å². The van der Waals surface area contributed by atoms with Crippen LogP contribution in [0, 0.1) is 11.3 Å². The number of H-pyrrole nitrogens is 1. The average Bonchev–Trinajstić information content (AvgIpc) is 2.89. The lowest BCUT2D eigenvalue weighted by atomic mass is 9.91. The minimum absolute atomic E-state index is 0.0488. The highest BCUT2D eigenvalue weighted by atomic mass is 16.2. The van der Waals surface area contributed by atoms with Crippen LogP contribution in [0.3, 0.4) is 0 Å². The molecule has 1 aliphatic rings. The molecule has 0 spiro atoms. The van der Waals surface area contributed by atoms with Crippen LogP contribution in [0.4, 0.5) is 5.69 Å². The number of carbonyl (C=O) groups is 1. The number of nitrogens with one attached hydrogen (secondary N) is 3. The van der Waals surface area contributed by atoms with Gasteiger partial charge in [-0.2, -0.15) is 0 Å². The second-order valence-electron chi connectivity index (χ2n) is 8.79. The molecule has 0 saturated heterocycles. The lowest BCUT2D eigenvalue weighted by Gasteiger charge is -2.24. The van der Waals surface area contributed by atoms with Gasteiger partial charge in [0.1, 0.15) is 0 Å². The summed E-state index contributed by atoms with van der Waals surface area (Å²) in [5.41, 5.74) is 4.43. The number of aryl methyl sites for hydroxylation is 1. The van der Waals surface area contributed by atoms with Gasteiger partial charge in [0.05, 0.1) is 0 Å². The van der Waals surface area contributed by atoms with Crippen LogP contribution in [0.5, 0.6) is 0 Å². The molecular weight excluding hydrogens is 310 g/mol. The molecule has 1 unspecified atom stereocenters. The van der Waals surface area contributed by atoms with Crippen molar-refractivity contribution in [3.8, 4) is 0 Å². The van der Waals surface area contributed by atoms with Gasteiger partial charge in [-0.15, -0.1) is 0 Å². The first-order valence-electron chi connectivity index (χ1n) is 9.42. The van der Waals surface area contributed by atoms with Crippen LogP contribution in [-0.2, 0) is 17.6 Å². The molecular formula is C21H31N3O. The molecule has 0 fully saturated rings. The number of amides is 1. The summed E-state index contributed by atoms with van der Waals surface area (Å²) in [6.45, 7) is 11.4. The number of fused-ring (bicyclic) bond motifs is 3. The van der Waals surface area contributed by atoms with E-state index in [2.05, 4.69) is 41.6 Å². The zero-order valence-electron chi connectivity index (χ0n) is 16.1. The number of aromatic nitrogens is 1. The van der Waals surface area contributed by atoms with Gasteiger partial charge in [0.2, 0.25) is 5.91 Å². The Balaban J connectivity index is 1.83. The zero-order chi connectivity index (χ0) is 18.2. The molecule has 0 saturated carbocycles. The van der Waals surface area contributed by atoms with Gasteiger partial charge in [-0.1, -0.05) is 34.6 Å². The zero-order valence-corrected chi connectivity index (χ0v) is 16.1. The van der Waals surface area contributed by atoms with E-state index >= 15 is 0 Å². The molecule has 3 N–H and O–H groups in total. The van der Waals surface area contributed by atoms with E-state index in [0.717, 1.165) is 25.1 Å². The minimum atomic E-state index is -0.390. The topological polar surface area (TPSA) is 56.9 Å². The molecule has 0 aliphatic heterocycles. The van der Waals surface area contributed by atoms with Crippen LogP contribution in [0.2, 0.25) is 0 Å². The quantitative estimate of drug-likeness (QED) is 0.778. The molecule has 1 amide bonds. The number of carbonyl (C=O) groups excluding carboxylic acids is 1. The molecule has 4 nitrogen and oxygen atoms in total. The van der Waals surface area contributed by atoms with E-state index in [-0.39, 0.29) is 5.91 Å². The summed E-state index contributed by atoms with van der Waals surface area (Å²) < 4.78 is 0. The molecule has 1 aromatic heterocycles. The number of hydrogen-bond acceptors (Lipinski definition) is 2. The summed E-state index contributed by atoms with van der Waals surface area (Å²) in [6, 6.07) is 6.74. The minimum Gasteiger partial charge on any atom is -0.358 e. The molecule has 1 atom stereocenters. The van der Waals surface area contributed by atoms with E-state index in [1.165, 1.54) is 28.6 Å². The first kappa shape index (κ1) is 18.0. The lowest BCUT2D eigenvalue weighted by Crippen LogP contribution is -2.36. The van der Waals surface area contributed by atoms with Crippen molar-refractivity contribution in [2.45, 2.75) is 59.9 Å². The molecule has 136 valence electrons. The summed E-state index contributed by atoms with van der Waals surface area (Å²) in [4.78, 5) is 15.8. The first-order chi connectivity index (χ1) is 11.7. The Morgan fingerprint density at radius 3 is 2.76 bits per heavy atom. The molecule has 0 bridgehead atoms. The number of anilines is 1. The average molecular weight is 341 g/mol. The molecule has 2 aromatic rings. The molecule has 0 radical (unpaired) electrons. The summed E-state index contributed by atoms with van der Waals surface area (Å²) in [5, 5.41) is 8.00. The molecule has 4 heteroatoms. The Morgan fingerprint density at radius 2 is 2.08 bits per heavy atom. The van der Waals surface area contributed by atoms with Crippen LogP contribution in [0.15, 0.2) is 18.2 Å². The number of benzene rings is 1. The van der Waals surface area contributed by atoms with Crippen molar-refractivity contribution in [2.75, 3.05) is 11.9 Å². The standard InChI is InChI=1S/C21H31N3O/c1-13(2)12-22-14-6-8-18-16(10-14)17-11-15(7-9-19(17)24-18)23-20(25)21(3,4)5/h7,9,11,13-14,22,24H,6,8,10,12H2,1-5H3,(H,23,25). The largest absolute Gasteiger partial charge is 0.358 e. The second-order valence-corrected chi connectivity index (χ2v) is 8.79. The number of hydrogen-bond donors (Lipinski definition) is 3. The highest BCUT2D eigenvalue weighted by Gasteiger charge is 2.24. The van der Waals surface area contributed by atoms with Gasteiger partial charge < -0.3 is 15.6 Å². The Bertz CT molecular complexity index is 767. The summed E-state index contributed by atoms with van der Waals surface area (Å²) >= 11 is 0. The van der Waals surface area contributed by atoms with E-state index < -0.39 is 5.41 Å². The highest BCUT2D eigenvalue weighted by Crippen LogP contribution is 2.31. The van der Waals surface area contributed by atoms with E-state index in [1.54, 1.807) is 0 Å². The predicted octanol–water partition coefficient (Wildman–Crippen LogP) is 4.26. The smallest absolute Gasteiger partial charge is 0.229 e. The fourth-order valence-corrected chi connectivity index (χ4v) is 3.39. The van der Waals surface area contributed by atoms with Crippen molar-refractivity contribution >= 4 is 22.5 Å². The van der Waals surface area contributed by atoms with Gasteiger partial charge in [0.15, 0.2) is 0 Å². The number of aromatic amines is 1. The summed E-state index contributed by atoms with van der Waals surface area (Å²) in [7, 11) is 0. The van der Waals surface area contributed by atoms with Crippen LogP contribution in [-0.4, -0.2) is 23.5 Å². The predicted molar refractivity (Wildman–Crippen MR) is 105 cm³/mol. The van der Waals surface area contributed by atoms with Crippen molar-refractivity contribution in [2.24, 2.45) is 11.3 Å². The first-order valence-corrected chi connectivity index (χ1v) is 9.42. The molecule has 1 aliphatic carbocycles. The maximum Gasteiger partial charge on any atom is 0.229 e. The third kappa shape index (κ3) is 4.06. The highest BCUT2D eigenvalue weighted by molar-refractivity contribution is 5.97. The van der Waals surface area contributed by atoms with Crippen molar-refractivity contribution in [3.05, 3.63) is 29.5 Å². The van der Waals surface area contributed by atoms with Gasteiger partial charge in [0.25, 0.3) is 0 Å². The molecule has 1 heterocycles.